The molecule has 226 valence electrons. The Morgan fingerprint density at radius 2 is 1.21 bits per heavy atom. The molecule has 0 nitrogen and oxygen atoms in total. The minimum absolute atomic E-state index is 0.241. The third-order valence-electron chi connectivity index (χ3n) is 9.04. The number of aryl methyl sites for hydroxylation is 1. The van der Waals surface area contributed by atoms with Gasteiger partial charge in [0.25, 0.3) is 0 Å². The van der Waals surface area contributed by atoms with Crippen LogP contribution in [0.1, 0.15) is 121 Å². The second-order valence-electron chi connectivity index (χ2n) is 12.3. The monoisotopic (exact) mass is 574 g/mol. The molecule has 0 spiro atoms. The van der Waals surface area contributed by atoms with Crippen molar-refractivity contribution in [1.29, 1.82) is 0 Å². The average Bonchev–Trinajstić information content (AvgIpc) is 3.01. The van der Waals surface area contributed by atoms with Gasteiger partial charge in [0, 0.05) is 11.1 Å². The van der Waals surface area contributed by atoms with E-state index in [1.54, 1.807) is 42.5 Å². The molecule has 4 rings (SSSR count). The second-order valence-corrected chi connectivity index (χ2v) is 12.3. The third-order valence-corrected chi connectivity index (χ3v) is 9.04. The van der Waals surface area contributed by atoms with Crippen LogP contribution in [0.2, 0.25) is 0 Å². The van der Waals surface area contributed by atoms with Crippen LogP contribution in [0.3, 0.4) is 0 Å². The van der Waals surface area contributed by atoms with Crippen molar-refractivity contribution in [2.75, 3.05) is 0 Å². The molecule has 1 aliphatic rings. The Bertz CT molecular complexity index is 1290. The molecule has 0 bridgehead atoms. The second kappa shape index (κ2) is 16.7. The molecule has 0 aromatic heterocycles. The summed E-state index contributed by atoms with van der Waals surface area (Å²) in [6.45, 7) is 4.44. The Balaban J connectivity index is 1.36. The van der Waals surface area contributed by atoms with Crippen LogP contribution < -0.4 is 0 Å². The van der Waals surface area contributed by atoms with Crippen LogP contribution in [-0.2, 0) is 6.42 Å². The molecule has 1 aliphatic carbocycles. The maximum Gasteiger partial charge on any atom is 0.166 e. The van der Waals surface area contributed by atoms with Crippen molar-refractivity contribution >= 4 is 5.57 Å². The number of unbranched alkanes of at least 4 members (excludes halogenated alkanes) is 9. The van der Waals surface area contributed by atoms with E-state index in [0.717, 1.165) is 49.1 Å². The predicted molar refractivity (Wildman–Crippen MR) is 173 cm³/mol. The normalized spacial score (nSPS) is 15.2. The minimum atomic E-state index is -0.804. The molecule has 0 heterocycles. The van der Waals surface area contributed by atoms with Crippen LogP contribution >= 0.6 is 0 Å². The zero-order chi connectivity index (χ0) is 29.7. The molecule has 0 saturated carbocycles. The molecule has 1 unspecified atom stereocenters. The Hall–Kier alpha value is -2.81. The average molecular weight is 575 g/mol. The molecule has 3 aromatic rings. The van der Waals surface area contributed by atoms with E-state index in [0.29, 0.717) is 23.1 Å². The highest BCUT2D eigenvalue weighted by Gasteiger charge is 2.18. The molecule has 42 heavy (non-hydrogen) atoms. The lowest BCUT2D eigenvalue weighted by Gasteiger charge is -2.22. The van der Waals surface area contributed by atoms with Crippen molar-refractivity contribution in [1.82, 2.24) is 0 Å². The summed E-state index contributed by atoms with van der Waals surface area (Å²) in [5, 5.41) is 0. The predicted octanol–water partition coefficient (Wildman–Crippen LogP) is 12.9. The van der Waals surface area contributed by atoms with Gasteiger partial charge in [-0.15, -0.1) is 0 Å². The maximum atomic E-state index is 15.3. The number of allylic oxidation sites excluding steroid dienone is 2. The highest BCUT2D eigenvalue weighted by molar-refractivity contribution is 5.74. The van der Waals surface area contributed by atoms with Gasteiger partial charge in [0.15, 0.2) is 11.6 Å². The van der Waals surface area contributed by atoms with Gasteiger partial charge in [0.2, 0.25) is 0 Å². The van der Waals surface area contributed by atoms with Crippen LogP contribution in [0, 0.1) is 23.4 Å². The molecule has 0 N–H and O–H groups in total. The van der Waals surface area contributed by atoms with Gasteiger partial charge in [-0.3, -0.25) is 0 Å². The topological polar surface area (TPSA) is 0 Å². The molecular formula is C39H49F3. The van der Waals surface area contributed by atoms with Crippen LogP contribution in [-0.4, -0.2) is 0 Å². The van der Waals surface area contributed by atoms with Crippen molar-refractivity contribution < 1.29 is 13.2 Å². The molecule has 3 heteroatoms. The van der Waals surface area contributed by atoms with Gasteiger partial charge in [-0.25, -0.2) is 13.2 Å². The SMILES string of the molecule is CCCCCCCCc1ccc(-c2ccc(-c3ccc(C4=CCC(CCCCCCC)CC4)cc3F)cc2)c(F)c1F. The summed E-state index contributed by atoms with van der Waals surface area (Å²) in [5.41, 5.74) is 4.73. The van der Waals surface area contributed by atoms with E-state index in [1.165, 1.54) is 69.8 Å². The summed E-state index contributed by atoms with van der Waals surface area (Å²) in [7, 11) is 0. The number of hydrogen-bond donors (Lipinski definition) is 0. The smallest absolute Gasteiger partial charge is 0.166 e. The van der Waals surface area contributed by atoms with Gasteiger partial charge in [-0.2, -0.15) is 0 Å². The first-order valence-corrected chi connectivity index (χ1v) is 16.6. The lowest BCUT2D eigenvalue weighted by atomic mass is 9.83. The molecule has 0 saturated heterocycles. The van der Waals surface area contributed by atoms with E-state index < -0.39 is 11.6 Å². The quantitative estimate of drug-likeness (QED) is 0.149. The van der Waals surface area contributed by atoms with E-state index in [4.69, 9.17) is 0 Å². The van der Waals surface area contributed by atoms with Gasteiger partial charge >= 0.3 is 0 Å². The summed E-state index contributed by atoms with van der Waals surface area (Å²) >= 11 is 0. The number of halogens is 3. The molecule has 0 fully saturated rings. The molecule has 0 amide bonds. The number of rotatable bonds is 16. The fourth-order valence-corrected chi connectivity index (χ4v) is 6.33. The Kier molecular flexibility index (Phi) is 12.8. The van der Waals surface area contributed by atoms with E-state index in [-0.39, 0.29) is 11.4 Å². The van der Waals surface area contributed by atoms with Crippen molar-refractivity contribution in [3.8, 4) is 22.3 Å². The molecule has 0 aliphatic heterocycles. The third kappa shape index (κ3) is 8.85. The van der Waals surface area contributed by atoms with Gasteiger partial charge in [-0.05, 0) is 71.9 Å². The van der Waals surface area contributed by atoms with Gasteiger partial charge in [-0.1, -0.05) is 139 Å². The van der Waals surface area contributed by atoms with Gasteiger partial charge in [0.05, 0.1) is 0 Å². The van der Waals surface area contributed by atoms with Crippen molar-refractivity contribution in [2.24, 2.45) is 5.92 Å². The van der Waals surface area contributed by atoms with E-state index in [2.05, 4.69) is 19.9 Å². The van der Waals surface area contributed by atoms with E-state index >= 15 is 8.78 Å². The molecular weight excluding hydrogens is 525 g/mol. The van der Waals surface area contributed by atoms with Crippen molar-refractivity contribution in [2.45, 2.75) is 117 Å². The summed E-state index contributed by atoms with van der Waals surface area (Å²) in [4.78, 5) is 0. The Morgan fingerprint density at radius 3 is 1.86 bits per heavy atom. The molecule has 1 atom stereocenters. The first kappa shape index (κ1) is 32.1. The Labute approximate surface area is 252 Å². The largest absolute Gasteiger partial charge is 0.206 e. The highest BCUT2D eigenvalue weighted by Crippen LogP contribution is 2.35. The first-order chi connectivity index (χ1) is 20.5. The van der Waals surface area contributed by atoms with Gasteiger partial charge < -0.3 is 0 Å². The minimum Gasteiger partial charge on any atom is -0.206 e. The summed E-state index contributed by atoms with van der Waals surface area (Å²) < 4.78 is 45.1. The fraction of sp³-hybridized carbons (Fsp3) is 0.487. The standard InChI is InChI=1S/C39H49F3/c1-3-5-7-9-11-13-15-33-24-27-36(39(42)38(33)41)32-22-20-31(21-23-32)35-26-25-34(28-37(35)40)30-18-16-29(17-19-30)14-12-10-8-6-4-2/h18,20-29H,3-17,19H2,1-2H3. The van der Waals surface area contributed by atoms with E-state index in [1.807, 2.05) is 12.1 Å². The lowest BCUT2D eigenvalue weighted by Crippen LogP contribution is -2.05. The van der Waals surface area contributed by atoms with Crippen molar-refractivity contribution in [3.63, 3.8) is 0 Å². The zero-order valence-electron chi connectivity index (χ0n) is 25.8. The molecule has 3 aromatic carbocycles. The Morgan fingerprint density at radius 1 is 0.619 bits per heavy atom. The number of hydrogen-bond acceptors (Lipinski definition) is 0. The van der Waals surface area contributed by atoms with Crippen LogP contribution in [0.4, 0.5) is 13.2 Å². The summed E-state index contributed by atoms with van der Waals surface area (Å²) in [6.07, 6.45) is 20.8. The highest BCUT2D eigenvalue weighted by atomic mass is 19.2. The van der Waals surface area contributed by atoms with Crippen LogP contribution in [0.15, 0.2) is 60.7 Å². The molecule has 0 radical (unpaired) electrons. The summed E-state index contributed by atoms with van der Waals surface area (Å²) in [5.74, 6) is -1.05. The van der Waals surface area contributed by atoms with Gasteiger partial charge in [0.1, 0.15) is 5.82 Å². The van der Waals surface area contributed by atoms with Crippen LogP contribution in [0.5, 0.6) is 0 Å². The number of benzene rings is 3. The lowest BCUT2D eigenvalue weighted by molar-refractivity contribution is 0.423. The first-order valence-electron chi connectivity index (χ1n) is 16.6. The fourth-order valence-electron chi connectivity index (χ4n) is 6.33. The van der Waals surface area contributed by atoms with E-state index in [9.17, 15) is 4.39 Å². The summed E-state index contributed by atoms with van der Waals surface area (Å²) in [6, 6.07) is 16.0. The zero-order valence-corrected chi connectivity index (χ0v) is 25.8. The van der Waals surface area contributed by atoms with Crippen molar-refractivity contribution in [3.05, 3.63) is 89.3 Å². The maximum absolute atomic E-state index is 15.3. The van der Waals surface area contributed by atoms with Crippen LogP contribution in [0.25, 0.3) is 27.8 Å².